The highest BCUT2D eigenvalue weighted by Gasteiger charge is 2.36. The van der Waals surface area contributed by atoms with Gasteiger partial charge in [-0.1, -0.05) is 35.9 Å². The summed E-state index contributed by atoms with van der Waals surface area (Å²) in [6.07, 6.45) is 3.46. The Labute approximate surface area is 167 Å². The van der Waals surface area contributed by atoms with Gasteiger partial charge in [0, 0.05) is 35.7 Å². The van der Waals surface area contributed by atoms with Gasteiger partial charge < -0.3 is 9.51 Å². The Bertz CT molecular complexity index is 1350. The van der Waals surface area contributed by atoms with Gasteiger partial charge in [0.1, 0.15) is 0 Å². The Morgan fingerprint density at radius 1 is 1.17 bits per heavy atom. The third kappa shape index (κ3) is 3.19. The van der Waals surface area contributed by atoms with Crippen molar-refractivity contribution in [3.8, 4) is 0 Å². The Morgan fingerprint density at radius 3 is 2.93 bits per heavy atom. The molecule has 1 fully saturated rings. The second kappa shape index (κ2) is 6.92. The lowest BCUT2D eigenvalue weighted by molar-refractivity contribution is 0.0875. The van der Waals surface area contributed by atoms with E-state index in [1.54, 1.807) is 24.4 Å². The normalized spacial score (nSPS) is 22.2. The summed E-state index contributed by atoms with van der Waals surface area (Å²) in [4.78, 5) is 19.6. The minimum absolute atomic E-state index is 0.0701. The Hall–Kier alpha value is -2.79. The number of aromatic amines is 1. The molecule has 7 heteroatoms. The molecule has 0 aliphatic carbocycles. The molecule has 1 saturated heterocycles. The quantitative estimate of drug-likeness (QED) is 0.395. The molecular weight excluding hydrogens is 387 g/mol. The number of hydrogen-bond donors (Lipinski definition) is 1. The summed E-state index contributed by atoms with van der Waals surface area (Å²) in [5.41, 5.74) is 3.34. The Kier molecular flexibility index (Phi) is 4.36. The molecule has 1 N–H and O–H groups in total. The molecule has 1 aliphatic rings. The van der Waals surface area contributed by atoms with Crippen molar-refractivity contribution in [2.75, 3.05) is 6.61 Å². The van der Waals surface area contributed by atoms with Crippen LogP contribution in [0.15, 0.2) is 65.7 Å². The van der Waals surface area contributed by atoms with E-state index in [2.05, 4.69) is 9.97 Å². The van der Waals surface area contributed by atoms with Gasteiger partial charge >= 0.3 is 7.60 Å². The molecule has 2 unspecified atom stereocenters. The molecule has 4 aromatic rings. The number of nitrogens with zero attached hydrogens (tertiary/aromatic N) is 1. The molecule has 3 heterocycles. The van der Waals surface area contributed by atoms with Crippen LogP contribution in [0.3, 0.4) is 0 Å². The number of H-pyrrole nitrogens is 1. The van der Waals surface area contributed by atoms with Gasteiger partial charge in [-0.25, -0.2) is 0 Å². The average Bonchev–Trinajstić information content (AvgIpc) is 2.73. The van der Waals surface area contributed by atoms with Gasteiger partial charge in [-0.15, -0.1) is 0 Å². The Morgan fingerprint density at radius 2 is 2.07 bits per heavy atom. The van der Waals surface area contributed by atoms with Gasteiger partial charge in [0.05, 0.1) is 29.0 Å². The fourth-order valence-corrected chi connectivity index (χ4v) is 5.48. The van der Waals surface area contributed by atoms with Crippen molar-refractivity contribution in [2.45, 2.75) is 19.4 Å². The monoisotopic (exact) mass is 406 g/mol. The van der Waals surface area contributed by atoms with E-state index in [9.17, 15) is 9.36 Å². The molecule has 6 nitrogen and oxygen atoms in total. The summed E-state index contributed by atoms with van der Waals surface area (Å²) in [7, 11) is -3.51. The largest absolute Gasteiger partial charge is 0.363 e. The van der Waals surface area contributed by atoms with Gasteiger partial charge in [-0.3, -0.25) is 18.9 Å². The van der Waals surface area contributed by atoms with Crippen LogP contribution in [0.5, 0.6) is 0 Å². The van der Waals surface area contributed by atoms with Crippen LogP contribution in [0.1, 0.15) is 23.7 Å². The number of fused-ring (bicyclic) bond motifs is 3. The van der Waals surface area contributed by atoms with Crippen molar-refractivity contribution in [1.82, 2.24) is 9.97 Å². The molecule has 2 aromatic heterocycles. The van der Waals surface area contributed by atoms with E-state index in [1.807, 2.05) is 31.2 Å². The van der Waals surface area contributed by atoms with Gasteiger partial charge in [-0.2, -0.15) is 0 Å². The highest BCUT2D eigenvalue weighted by molar-refractivity contribution is 7.62. The highest BCUT2D eigenvalue weighted by atomic mass is 31.2. The summed E-state index contributed by atoms with van der Waals surface area (Å²) < 4.78 is 25.1. The first-order valence-electron chi connectivity index (χ1n) is 9.44. The highest BCUT2D eigenvalue weighted by Crippen LogP contribution is 2.55. The SMILES string of the molecule is Cc1cccc(C2CCOP(=O)(c3cnc4c(ccc5c(=O)cc[nH]c54)c3)O2)c1. The third-order valence-electron chi connectivity index (χ3n) is 5.20. The van der Waals surface area contributed by atoms with Crippen molar-refractivity contribution < 1.29 is 13.6 Å². The van der Waals surface area contributed by atoms with E-state index in [1.165, 1.54) is 12.3 Å². The fourth-order valence-electron chi connectivity index (χ4n) is 3.75. The Balaban J connectivity index is 1.56. The van der Waals surface area contributed by atoms with Crippen molar-refractivity contribution in [3.63, 3.8) is 0 Å². The second-order valence-electron chi connectivity index (χ2n) is 7.22. The van der Waals surface area contributed by atoms with Gasteiger partial charge in [-0.05, 0) is 24.6 Å². The first-order chi connectivity index (χ1) is 14.0. The maximum atomic E-state index is 13.5. The van der Waals surface area contributed by atoms with Gasteiger partial charge in [0.25, 0.3) is 0 Å². The van der Waals surface area contributed by atoms with Gasteiger partial charge in [0.15, 0.2) is 5.43 Å². The molecule has 29 heavy (non-hydrogen) atoms. The maximum absolute atomic E-state index is 13.5. The molecule has 0 bridgehead atoms. The smallest absolute Gasteiger partial charge is 0.359 e. The lowest BCUT2D eigenvalue weighted by Gasteiger charge is -2.30. The number of pyridine rings is 2. The van der Waals surface area contributed by atoms with Crippen LogP contribution in [-0.2, 0) is 13.6 Å². The van der Waals surface area contributed by atoms with E-state index in [-0.39, 0.29) is 11.5 Å². The predicted molar refractivity (Wildman–Crippen MR) is 113 cm³/mol. The van der Waals surface area contributed by atoms with E-state index >= 15 is 0 Å². The zero-order valence-electron chi connectivity index (χ0n) is 15.8. The predicted octanol–water partition coefficient (Wildman–Crippen LogP) is 4.38. The summed E-state index contributed by atoms with van der Waals surface area (Å²) in [5.74, 6) is 0. The minimum atomic E-state index is -3.51. The maximum Gasteiger partial charge on any atom is 0.363 e. The molecule has 0 spiro atoms. The topological polar surface area (TPSA) is 81.3 Å². The summed E-state index contributed by atoms with van der Waals surface area (Å²) in [6.45, 7) is 2.36. The number of aryl methyl sites for hydroxylation is 1. The molecular formula is C22H19N2O4P. The third-order valence-corrected chi connectivity index (χ3v) is 7.14. The zero-order chi connectivity index (χ0) is 20.0. The fraction of sp³-hybridized carbons (Fsp3) is 0.182. The minimum Gasteiger partial charge on any atom is -0.359 e. The molecule has 2 aromatic carbocycles. The first kappa shape index (κ1) is 18.3. The molecule has 2 atom stereocenters. The van der Waals surface area contributed by atoms with Crippen LogP contribution in [0.2, 0.25) is 0 Å². The van der Waals surface area contributed by atoms with Crippen LogP contribution in [0.4, 0.5) is 0 Å². The van der Waals surface area contributed by atoms with Crippen molar-refractivity contribution in [1.29, 1.82) is 0 Å². The summed E-state index contributed by atoms with van der Waals surface area (Å²) in [5, 5.41) is 1.74. The number of benzene rings is 2. The molecule has 0 radical (unpaired) electrons. The van der Waals surface area contributed by atoms with Crippen molar-refractivity contribution in [3.05, 3.63) is 82.3 Å². The van der Waals surface area contributed by atoms with Crippen molar-refractivity contribution >= 4 is 34.7 Å². The molecule has 0 saturated carbocycles. The lowest BCUT2D eigenvalue weighted by atomic mass is 10.0. The van der Waals surface area contributed by atoms with Crippen LogP contribution < -0.4 is 10.7 Å². The lowest BCUT2D eigenvalue weighted by Crippen LogP contribution is -2.20. The van der Waals surface area contributed by atoms with Crippen LogP contribution in [0, 0.1) is 6.92 Å². The van der Waals surface area contributed by atoms with E-state index in [0.29, 0.717) is 34.8 Å². The first-order valence-corrected chi connectivity index (χ1v) is 11.0. The molecule has 1 aliphatic heterocycles. The van der Waals surface area contributed by atoms with Crippen LogP contribution in [0.25, 0.3) is 21.8 Å². The molecule has 0 amide bonds. The van der Waals surface area contributed by atoms with E-state index in [0.717, 1.165) is 16.5 Å². The molecule has 5 rings (SSSR count). The van der Waals surface area contributed by atoms with Gasteiger partial charge in [0.2, 0.25) is 0 Å². The summed E-state index contributed by atoms with van der Waals surface area (Å²) in [6, 6.07) is 14.8. The molecule has 146 valence electrons. The van der Waals surface area contributed by atoms with E-state index in [4.69, 9.17) is 9.05 Å². The van der Waals surface area contributed by atoms with E-state index < -0.39 is 7.60 Å². The second-order valence-corrected chi connectivity index (χ2v) is 9.20. The van der Waals surface area contributed by atoms with Crippen molar-refractivity contribution in [2.24, 2.45) is 0 Å². The zero-order valence-corrected chi connectivity index (χ0v) is 16.7. The van der Waals surface area contributed by atoms with Crippen LogP contribution in [-0.4, -0.2) is 16.6 Å². The number of rotatable bonds is 2. The number of aromatic nitrogens is 2. The number of nitrogens with one attached hydrogen (secondary N) is 1. The number of hydrogen-bond acceptors (Lipinski definition) is 5. The van der Waals surface area contributed by atoms with Crippen LogP contribution >= 0.6 is 7.60 Å². The average molecular weight is 406 g/mol. The summed E-state index contributed by atoms with van der Waals surface area (Å²) >= 11 is 0. The standard InChI is InChI=1S/C22H19N2O4P/c1-14-3-2-4-15(11-14)20-8-10-27-29(26,28-20)17-12-16-5-6-18-19(25)7-9-23-22(18)21(16)24-13-17/h2-7,9,11-13,20H,8,10H2,1H3,(H,23,25).